The second-order valence-corrected chi connectivity index (χ2v) is 4.86. The molecular formula is C15H14ClF2N. The average molecular weight is 282 g/mol. The van der Waals surface area contributed by atoms with Crippen molar-refractivity contribution in [3.8, 4) is 0 Å². The molecule has 1 unspecified atom stereocenters. The van der Waals surface area contributed by atoms with Crippen molar-refractivity contribution in [1.82, 2.24) is 5.32 Å². The molecule has 0 aromatic heterocycles. The zero-order chi connectivity index (χ0) is 14.0. The topological polar surface area (TPSA) is 12.0 Å². The molecule has 0 aliphatic carbocycles. The molecule has 1 atom stereocenters. The Hall–Kier alpha value is -1.45. The quantitative estimate of drug-likeness (QED) is 0.887. The Morgan fingerprint density at radius 3 is 2.26 bits per heavy atom. The summed E-state index contributed by atoms with van der Waals surface area (Å²) in [4.78, 5) is 0. The fraction of sp³-hybridized carbons (Fsp3) is 0.200. The third-order valence-electron chi connectivity index (χ3n) is 3.06. The molecule has 0 saturated carbocycles. The van der Waals surface area contributed by atoms with Crippen LogP contribution in [0, 0.1) is 18.6 Å². The minimum absolute atomic E-state index is 0.302. The Balaban J connectivity index is 2.52. The predicted molar refractivity (Wildman–Crippen MR) is 73.4 cm³/mol. The van der Waals surface area contributed by atoms with Gasteiger partial charge in [-0.1, -0.05) is 17.7 Å². The van der Waals surface area contributed by atoms with Crippen LogP contribution in [-0.4, -0.2) is 7.05 Å². The number of halogens is 3. The highest BCUT2D eigenvalue weighted by Crippen LogP contribution is 2.28. The Kier molecular flexibility index (Phi) is 4.17. The molecule has 0 spiro atoms. The van der Waals surface area contributed by atoms with Gasteiger partial charge in [-0.3, -0.25) is 0 Å². The van der Waals surface area contributed by atoms with Crippen LogP contribution in [0.1, 0.15) is 22.7 Å². The minimum atomic E-state index is -0.588. The lowest BCUT2D eigenvalue weighted by Gasteiger charge is -2.20. The maximum atomic E-state index is 13.3. The first kappa shape index (κ1) is 14.0. The summed E-state index contributed by atoms with van der Waals surface area (Å²) in [6.45, 7) is 1.94. The first-order chi connectivity index (χ1) is 9.01. The largest absolute Gasteiger partial charge is 0.309 e. The van der Waals surface area contributed by atoms with Crippen molar-refractivity contribution < 1.29 is 8.78 Å². The lowest BCUT2D eigenvalue weighted by atomic mass is 9.95. The second-order valence-electron chi connectivity index (χ2n) is 4.43. The summed E-state index contributed by atoms with van der Waals surface area (Å²) in [6.07, 6.45) is 0. The van der Waals surface area contributed by atoms with Crippen LogP contribution >= 0.6 is 11.6 Å². The highest BCUT2D eigenvalue weighted by molar-refractivity contribution is 6.30. The number of hydrogen-bond acceptors (Lipinski definition) is 1. The first-order valence-corrected chi connectivity index (χ1v) is 6.28. The molecule has 1 N–H and O–H groups in total. The smallest absolute Gasteiger partial charge is 0.126 e. The Morgan fingerprint density at radius 2 is 1.68 bits per heavy atom. The molecule has 0 heterocycles. The van der Waals surface area contributed by atoms with Crippen LogP contribution in [0.2, 0.25) is 5.02 Å². The summed E-state index contributed by atoms with van der Waals surface area (Å²) >= 11 is 5.99. The molecule has 1 nitrogen and oxygen atoms in total. The standard InChI is InChI=1S/C15H14ClF2N/c1-9-3-4-11(16)7-14(9)15(19-2)10-5-12(17)8-13(18)6-10/h3-8,15,19H,1-2H3. The van der Waals surface area contributed by atoms with E-state index in [9.17, 15) is 8.78 Å². The number of rotatable bonds is 3. The van der Waals surface area contributed by atoms with Gasteiger partial charge >= 0.3 is 0 Å². The molecule has 0 aliphatic rings. The van der Waals surface area contributed by atoms with Gasteiger partial charge in [-0.05, 0) is 54.9 Å². The van der Waals surface area contributed by atoms with Crippen molar-refractivity contribution in [1.29, 1.82) is 0 Å². The molecule has 2 rings (SSSR count). The molecule has 2 aromatic rings. The van der Waals surface area contributed by atoms with E-state index >= 15 is 0 Å². The molecular weight excluding hydrogens is 268 g/mol. The molecule has 0 amide bonds. The fourth-order valence-electron chi connectivity index (χ4n) is 2.17. The molecule has 0 bridgehead atoms. The van der Waals surface area contributed by atoms with E-state index in [0.717, 1.165) is 17.2 Å². The number of aryl methyl sites for hydroxylation is 1. The maximum Gasteiger partial charge on any atom is 0.126 e. The predicted octanol–water partition coefficient (Wildman–Crippen LogP) is 4.24. The van der Waals surface area contributed by atoms with Gasteiger partial charge in [0.1, 0.15) is 11.6 Å². The minimum Gasteiger partial charge on any atom is -0.309 e. The van der Waals surface area contributed by atoms with Gasteiger partial charge in [0.2, 0.25) is 0 Å². The maximum absolute atomic E-state index is 13.3. The number of benzene rings is 2. The van der Waals surface area contributed by atoms with Gasteiger partial charge < -0.3 is 5.32 Å². The highest BCUT2D eigenvalue weighted by Gasteiger charge is 2.16. The monoisotopic (exact) mass is 281 g/mol. The third kappa shape index (κ3) is 3.11. The third-order valence-corrected chi connectivity index (χ3v) is 3.29. The normalized spacial score (nSPS) is 12.5. The van der Waals surface area contributed by atoms with Crippen molar-refractivity contribution in [2.75, 3.05) is 7.05 Å². The van der Waals surface area contributed by atoms with Crippen LogP contribution < -0.4 is 5.32 Å². The Morgan fingerprint density at radius 1 is 1.05 bits per heavy atom. The van der Waals surface area contributed by atoms with E-state index in [0.29, 0.717) is 10.6 Å². The van der Waals surface area contributed by atoms with Crippen molar-refractivity contribution in [3.63, 3.8) is 0 Å². The van der Waals surface area contributed by atoms with E-state index in [1.165, 1.54) is 12.1 Å². The molecule has 100 valence electrons. The van der Waals surface area contributed by atoms with Crippen LogP contribution in [0.3, 0.4) is 0 Å². The summed E-state index contributed by atoms with van der Waals surface area (Å²) in [7, 11) is 1.74. The van der Waals surface area contributed by atoms with Gasteiger partial charge in [0, 0.05) is 11.1 Å². The molecule has 0 aliphatic heterocycles. The molecule has 0 fully saturated rings. The van der Waals surface area contributed by atoms with Crippen molar-refractivity contribution in [2.45, 2.75) is 13.0 Å². The zero-order valence-corrected chi connectivity index (χ0v) is 11.4. The Labute approximate surface area is 116 Å². The number of nitrogens with one attached hydrogen (secondary N) is 1. The van der Waals surface area contributed by atoms with E-state index in [1.807, 2.05) is 13.0 Å². The van der Waals surface area contributed by atoms with Crippen LogP contribution in [0.4, 0.5) is 8.78 Å². The first-order valence-electron chi connectivity index (χ1n) is 5.90. The highest BCUT2D eigenvalue weighted by atomic mass is 35.5. The summed E-state index contributed by atoms with van der Waals surface area (Å²) in [5, 5.41) is 3.66. The van der Waals surface area contributed by atoms with Gasteiger partial charge in [0.15, 0.2) is 0 Å². The number of hydrogen-bond donors (Lipinski definition) is 1. The van der Waals surface area contributed by atoms with Gasteiger partial charge in [-0.2, -0.15) is 0 Å². The molecule has 19 heavy (non-hydrogen) atoms. The van der Waals surface area contributed by atoms with Crippen LogP contribution in [0.25, 0.3) is 0 Å². The lowest BCUT2D eigenvalue weighted by Crippen LogP contribution is -2.19. The van der Waals surface area contributed by atoms with Gasteiger partial charge in [-0.25, -0.2) is 8.78 Å². The van der Waals surface area contributed by atoms with E-state index in [4.69, 9.17) is 11.6 Å². The van der Waals surface area contributed by atoms with Gasteiger partial charge in [0.25, 0.3) is 0 Å². The zero-order valence-electron chi connectivity index (χ0n) is 10.7. The van der Waals surface area contributed by atoms with E-state index in [2.05, 4.69) is 5.32 Å². The molecule has 4 heteroatoms. The molecule has 0 saturated heterocycles. The second kappa shape index (κ2) is 5.68. The van der Waals surface area contributed by atoms with Crippen LogP contribution in [0.15, 0.2) is 36.4 Å². The van der Waals surface area contributed by atoms with E-state index in [-0.39, 0.29) is 6.04 Å². The van der Waals surface area contributed by atoms with Gasteiger partial charge in [-0.15, -0.1) is 0 Å². The van der Waals surface area contributed by atoms with Gasteiger partial charge in [0.05, 0.1) is 6.04 Å². The van der Waals surface area contributed by atoms with Crippen molar-refractivity contribution in [3.05, 3.63) is 69.7 Å². The fourth-order valence-corrected chi connectivity index (χ4v) is 2.35. The molecule has 2 aromatic carbocycles. The van der Waals surface area contributed by atoms with Crippen LogP contribution in [0.5, 0.6) is 0 Å². The Bertz CT molecular complexity index is 578. The molecule has 0 radical (unpaired) electrons. The summed E-state index contributed by atoms with van der Waals surface area (Å²) in [5.74, 6) is -1.18. The lowest BCUT2D eigenvalue weighted by molar-refractivity contribution is 0.571. The summed E-state index contributed by atoms with van der Waals surface area (Å²) in [5.41, 5.74) is 2.44. The SMILES string of the molecule is CNC(c1cc(F)cc(F)c1)c1cc(Cl)ccc1C. The van der Waals surface area contributed by atoms with Crippen molar-refractivity contribution >= 4 is 11.6 Å². The van der Waals surface area contributed by atoms with E-state index < -0.39 is 11.6 Å². The average Bonchev–Trinajstić information content (AvgIpc) is 2.33. The summed E-state index contributed by atoms with van der Waals surface area (Å²) in [6, 6.07) is 8.69. The summed E-state index contributed by atoms with van der Waals surface area (Å²) < 4.78 is 26.7. The van der Waals surface area contributed by atoms with E-state index in [1.54, 1.807) is 19.2 Å². The van der Waals surface area contributed by atoms with Crippen molar-refractivity contribution in [2.24, 2.45) is 0 Å². The van der Waals surface area contributed by atoms with Crippen LogP contribution in [-0.2, 0) is 0 Å².